The number of carboxylic acids is 1. The summed E-state index contributed by atoms with van der Waals surface area (Å²) >= 11 is 0. The molecule has 22 heavy (non-hydrogen) atoms. The van der Waals surface area contributed by atoms with Gasteiger partial charge in [0.1, 0.15) is 0 Å². The molecule has 0 saturated heterocycles. The molecule has 5 heteroatoms. The van der Waals surface area contributed by atoms with Crippen LogP contribution in [0.2, 0.25) is 0 Å². The van der Waals surface area contributed by atoms with Gasteiger partial charge < -0.3 is 5.11 Å². The molecule has 1 N–H and O–H groups in total. The van der Waals surface area contributed by atoms with Gasteiger partial charge in [-0.2, -0.15) is 13.2 Å². The van der Waals surface area contributed by atoms with Gasteiger partial charge in [-0.3, -0.25) is 0 Å². The average Bonchev–Trinajstić information content (AvgIpc) is 2.48. The van der Waals surface area contributed by atoms with E-state index in [9.17, 15) is 23.1 Å². The van der Waals surface area contributed by atoms with Crippen LogP contribution in [0.25, 0.3) is 0 Å². The third kappa shape index (κ3) is 3.30. The summed E-state index contributed by atoms with van der Waals surface area (Å²) in [6.45, 7) is 1.70. The van der Waals surface area contributed by atoms with Crippen LogP contribution in [0, 0.1) is 6.42 Å². The number of benzene rings is 2. The van der Waals surface area contributed by atoms with Crippen molar-refractivity contribution in [3.05, 3.63) is 77.2 Å². The molecule has 2 rings (SSSR count). The van der Waals surface area contributed by atoms with Gasteiger partial charge in [-0.25, -0.2) is 4.79 Å². The highest BCUT2D eigenvalue weighted by molar-refractivity contribution is 5.89. The van der Waals surface area contributed by atoms with Gasteiger partial charge in [0, 0.05) is 5.92 Å². The van der Waals surface area contributed by atoms with E-state index in [4.69, 9.17) is 0 Å². The van der Waals surface area contributed by atoms with Crippen LogP contribution in [-0.2, 0) is 6.18 Å². The first kappa shape index (κ1) is 16.1. The van der Waals surface area contributed by atoms with Crippen LogP contribution >= 0.6 is 0 Å². The van der Waals surface area contributed by atoms with Crippen LogP contribution in [0.4, 0.5) is 13.2 Å². The Morgan fingerprint density at radius 2 is 1.82 bits per heavy atom. The Morgan fingerprint density at radius 1 is 1.14 bits per heavy atom. The van der Waals surface area contributed by atoms with E-state index in [-0.39, 0.29) is 5.56 Å². The lowest BCUT2D eigenvalue weighted by atomic mass is 9.85. The number of carbonyl (C=O) groups is 1. The fraction of sp³-hybridized carbons (Fsp3) is 0.176. The number of alkyl halides is 3. The summed E-state index contributed by atoms with van der Waals surface area (Å²) in [6, 6.07) is 11.3. The van der Waals surface area contributed by atoms with Crippen LogP contribution in [-0.4, -0.2) is 11.1 Å². The molecule has 0 bridgehead atoms. The molecule has 0 saturated carbocycles. The third-order valence-corrected chi connectivity index (χ3v) is 3.43. The summed E-state index contributed by atoms with van der Waals surface area (Å²) in [7, 11) is 0. The summed E-state index contributed by atoms with van der Waals surface area (Å²) in [5, 5.41) is 9.25. The summed E-state index contributed by atoms with van der Waals surface area (Å²) in [4.78, 5) is 11.3. The molecule has 115 valence electrons. The molecule has 1 atom stereocenters. The second-order valence-corrected chi connectivity index (χ2v) is 4.83. The van der Waals surface area contributed by atoms with E-state index in [1.165, 1.54) is 12.1 Å². The standard InChI is InChI=1S/C17H14F3O2/c1-2-13(14-8-3-4-9-15(14)16(21)22)11-6-5-7-12(10-11)17(18,19)20/h2-10,13H,1H3,(H,21,22). The van der Waals surface area contributed by atoms with Crippen molar-refractivity contribution in [3.8, 4) is 0 Å². The van der Waals surface area contributed by atoms with Crippen molar-refractivity contribution in [3.63, 3.8) is 0 Å². The topological polar surface area (TPSA) is 37.3 Å². The third-order valence-electron chi connectivity index (χ3n) is 3.43. The number of rotatable bonds is 4. The van der Waals surface area contributed by atoms with Crippen LogP contribution in [0.1, 0.15) is 39.9 Å². The smallest absolute Gasteiger partial charge is 0.416 e. The predicted octanol–water partition coefficient (Wildman–Crippen LogP) is 4.76. The molecule has 0 amide bonds. The van der Waals surface area contributed by atoms with Crippen molar-refractivity contribution in [2.24, 2.45) is 0 Å². The monoisotopic (exact) mass is 307 g/mol. The van der Waals surface area contributed by atoms with Gasteiger partial charge in [-0.15, -0.1) is 0 Å². The number of hydrogen-bond acceptors (Lipinski definition) is 1. The van der Waals surface area contributed by atoms with Crippen molar-refractivity contribution in [2.45, 2.75) is 19.0 Å². The molecule has 0 heterocycles. The van der Waals surface area contributed by atoms with E-state index in [0.717, 1.165) is 12.1 Å². The Morgan fingerprint density at radius 3 is 2.41 bits per heavy atom. The Hall–Kier alpha value is -2.30. The number of aromatic carboxylic acids is 1. The van der Waals surface area contributed by atoms with Crippen molar-refractivity contribution < 1.29 is 23.1 Å². The molecule has 2 aromatic rings. The summed E-state index contributed by atoms with van der Waals surface area (Å²) < 4.78 is 38.5. The molecule has 0 aliphatic carbocycles. The van der Waals surface area contributed by atoms with Gasteiger partial charge >= 0.3 is 12.1 Å². The van der Waals surface area contributed by atoms with Crippen molar-refractivity contribution in [2.75, 3.05) is 0 Å². The second kappa shape index (κ2) is 6.22. The summed E-state index contributed by atoms with van der Waals surface area (Å²) in [6.07, 6.45) is -2.74. The molecule has 0 fully saturated rings. The predicted molar refractivity (Wildman–Crippen MR) is 76.7 cm³/mol. The highest BCUT2D eigenvalue weighted by Gasteiger charge is 2.31. The van der Waals surface area contributed by atoms with Crippen LogP contribution < -0.4 is 0 Å². The number of carboxylic acid groups (broad SMARTS) is 1. The molecule has 0 aliphatic rings. The maximum atomic E-state index is 12.8. The minimum Gasteiger partial charge on any atom is -0.478 e. The Bertz CT molecular complexity index is 678. The number of halogens is 3. The first-order valence-electron chi connectivity index (χ1n) is 6.63. The largest absolute Gasteiger partial charge is 0.478 e. The Balaban J connectivity index is 2.52. The van der Waals surface area contributed by atoms with Crippen LogP contribution in [0.15, 0.2) is 48.5 Å². The zero-order valence-corrected chi connectivity index (χ0v) is 11.8. The molecular formula is C17H14F3O2. The first-order valence-corrected chi connectivity index (χ1v) is 6.63. The minimum atomic E-state index is -4.43. The van der Waals surface area contributed by atoms with E-state index in [1.807, 2.05) is 0 Å². The number of hydrogen-bond donors (Lipinski definition) is 1. The Kier molecular flexibility index (Phi) is 4.54. The fourth-order valence-electron chi connectivity index (χ4n) is 2.42. The molecule has 0 aromatic heterocycles. The van der Waals surface area contributed by atoms with Gasteiger partial charge in [0.15, 0.2) is 0 Å². The summed E-state index contributed by atoms with van der Waals surface area (Å²) in [5.41, 5.74) is 0.218. The molecular weight excluding hydrogens is 293 g/mol. The molecule has 0 spiro atoms. The van der Waals surface area contributed by atoms with E-state index >= 15 is 0 Å². The molecule has 0 aliphatic heterocycles. The fourth-order valence-corrected chi connectivity index (χ4v) is 2.42. The normalized spacial score (nSPS) is 12.9. The minimum absolute atomic E-state index is 0.0861. The average molecular weight is 307 g/mol. The molecule has 1 radical (unpaired) electrons. The molecule has 2 aromatic carbocycles. The van der Waals surface area contributed by atoms with Gasteiger partial charge in [-0.1, -0.05) is 43.3 Å². The van der Waals surface area contributed by atoms with Gasteiger partial charge in [0.2, 0.25) is 0 Å². The second-order valence-electron chi connectivity index (χ2n) is 4.83. The van der Waals surface area contributed by atoms with Gasteiger partial charge in [0.25, 0.3) is 0 Å². The van der Waals surface area contributed by atoms with Gasteiger partial charge in [-0.05, 0) is 29.7 Å². The van der Waals surface area contributed by atoms with Crippen molar-refractivity contribution in [1.29, 1.82) is 0 Å². The SMILES string of the molecule is C[CH]C(c1cccc(C(F)(F)F)c1)c1ccccc1C(=O)O. The maximum absolute atomic E-state index is 12.8. The van der Waals surface area contributed by atoms with E-state index in [0.29, 0.717) is 11.1 Å². The lowest BCUT2D eigenvalue weighted by molar-refractivity contribution is -0.137. The van der Waals surface area contributed by atoms with Gasteiger partial charge in [0.05, 0.1) is 11.1 Å². The quantitative estimate of drug-likeness (QED) is 0.884. The zero-order valence-electron chi connectivity index (χ0n) is 11.8. The van der Waals surface area contributed by atoms with Crippen LogP contribution in [0.5, 0.6) is 0 Å². The molecule has 2 nitrogen and oxygen atoms in total. The highest BCUT2D eigenvalue weighted by Crippen LogP contribution is 2.34. The lowest BCUT2D eigenvalue weighted by Crippen LogP contribution is -2.10. The van der Waals surface area contributed by atoms with Crippen molar-refractivity contribution >= 4 is 5.97 Å². The highest BCUT2D eigenvalue weighted by atomic mass is 19.4. The first-order chi connectivity index (χ1) is 10.3. The Labute approximate surface area is 126 Å². The molecule has 1 unspecified atom stereocenters. The lowest BCUT2D eigenvalue weighted by Gasteiger charge is -2.19. The summed E-state index contributed by atoms with van der Waals surface area (Å²) in [5.74, 6) is -1.62. The van der Waals surface area contributed by atoms with E-state index < -0.39 is 23.6 Å². The van der Waals surface area contributed by atoms with Crippen LogP contribution in [0.3, 0.4) is 0 Å². The van der Waals surface area contributed by atoms with Crippen molar-refractivity contribution in [1.82, 2.24) is 0 Å². The van der Waals surface area contributed by atoms with E-state index in [2.05, 4.69) is 0 Å². The van der Waals surface area contributed by atoms with E-state index in [1.54, 1.807) is 37.6 Å². The zero-order chi connectivity index (χ0) is 16.3. The maximum Gasteiger partial charge on any atom is 0.416 e.